The quantitative estimate of drug-likeness (QED) is 0.342. The monoisotopic (exact) mass is 505 g/mol. The minimum atomic E-state index is -0.676. The molecule has 0 aliphatic carbocycles. The first-order valence-electron chi connectivity index (χ1n) is 11.6. The van der Waals surface area contributed by atoms with Crippen LogP contribution in [-0.2, 0) is 4.79 Å². The van der Waals surface area contributed by atoms with E-state index < -0.39 is 11.6 Å². The SMILES string of the molecule is C=CC(=O)Nc1cccc(-n2cnc3c(N)nc(Nc4cc(F)c(N5CCN(C)CC5)c(F)c4)nc32)c1. The van der Waals surface area contributed by atoms with E-state index in [1.54, 1.807) is 33.7 Å². The van der Waals surface area contributed by atoms with Gasteiger partial charge in [-0.05, 0) is 43.5 Å². The number of imidazole rings is 1. The predicted molar refractivity (Wildman–Crippen MR) is 139 cm³/mol. The average molecular weight is 506 g/mol. The minimum Gasteiger partial charge on any atom is -0.382 e. The maximum atomic E-state index is 15.0. The van der Waals surface area contributed by atoms with Crippen molar-refractivity contribution in [3.05, 3.63) is 67.0 Å². The Morgan fingerprint density at radius 3 is 2.51 bits per heavy atom. The lowest BCUT2D eigenvalue weighted by atomic mass is 10.2. The van der Waals surface area contributed by atoms with Crippen LogP contribution in [0.25, 0.3) is 16.9 Å². The molecule has 4 aromatic rings. The van der Waals surface area contributed by atoms with Crippen LogP contribution in [0.1, 0.15) is 0 Å². The summed E-state index contributed by atoms with van der Waals surface area (Å²) in [5.41, 5.74) is 8.15. The molecule has 2 aromatic carbocycles. The Labute approximate surface area is 211 Å². The van der Waals surface area contributed by atoms with Crippen molar-refractivity contribution in [1.82, 2.24) is 24.4 Å². The Balaban J connectivity index is 1.45. The normalized spacial score (nSPS) is 14.1. The molecule has 1 aliphatic heterocycles. The molecule has 0 atom stereocenters. The zero-order valence-electron chi connectivity index (χ0n) is 20.1. The van der Waals surface area contributed by atoms with Crippen molar-refractivity contribution in [2.24, 2.45) is 0 Å². The maximum absolute atomic E-state index is 15.0. The molecule has 0 unspecified atom stereocenters. The molecule has 0 radical (unpaired) electrons. The number of nitrogens with one attached hydrogen (secondary N) is 2. The predicted octanol–water partition coefficient (Wildman–Crippen LogP) is 3.30. The van der Waals surface area contributed by atoms with Crippen LogP contribution in [0.4, 0.5) is 37.6 Å². The molecule has 1 amide bonds. The zero-order chi connectivity index (χ0) is 26.1. The number of rotatable bonds is 6. The first kappa shape index (κ1) is 24.1. The largest absolute Gasteiger partial charge is 0.382 e. The fraction of sp³-hybridized carbons (Fsp3) is 0.200. The van der Waals surface area contributed by atoms with Crippen molar-refractivity contribution in [2.75, 3.05) is 54.5 Å². The number of likely N-dealkylation sites (N-methyl/N-ethyl adjacent to an activating group) is 1. The topological polar surface area (TPSA) is 117 Å². The highest BCUT2D eigenvalue weighted by Gasteiger charge is 2.22. The Morgan fingerprint density at radius 1 is 1.08 bits per heavy atom. The first-order valence-corrected chi connectivity index (χ1v) is 11.6. The van der Waals surface area contributed by atoms with Gasteiger partial charge in [-0.1, -0.05) is 12.6 Å². The van der Waals surface area contributed by atoms with Crippen molar-refractivity contribution < 1.29 is 13.6 Å². The number of aromatic nitrogens is 4. The van der Waals surface area contributed by atoms with Crippen LogP contribution in [0.3, 0.4) is 0 Å². The zero-order valence-corrected chi connectivity index (χ0v) is 20.1. The second kappa shape index (κ2) is 9.82. The van der Waals surface area contributed by atoms with E-state index in [0.717, 1.165) is 13.1 Å². The van der Waals surface area contributed by atoms with Crippen LogP contribution in [0.15, 0.2) is 55.4 Å². The number of halogens is 2. The third kappa shape index (κ3) is 4.91. The van der Waals surface area contributed by atoms with Crippen molar-refractivity contribution in [2.45, 2.75) is 0 Å². The highest BCUT2D eigenvalue weighted by atomic mass is 19.1. The molecular formula is C25H25F2N9O. The molecule has 10 nitrogen and oxygen atoms in total. The third-order valence-corrected chi connectivity index (χ3v) is 6.09. The molecular weight excluding hydrogens is 480 g/mol. The van der Waals surface area contributed by atoms with Gasteiger partial charge in [-0.25, -0.2) is 13.8 Å². The van der Waals surface area contributed by atoms with Crippen LogP contribution in [-0.4, -0.2) is 63.6 Å². The molecule has 0 bridgehead atoms. The highest BCUT2D eigenvalue weighted by molar-refractivity contribution is 5.99. The Bertz CT molecular complexity index is 1470. The van der Waals surface area contributed by atoms with E-state index >= 15 is 0 Å². The van der Waals surface area contributed by atoms with Gasteiger partial charge < -0.3 is 26.2 Å². The lowest BCUT2D eigenvalue weighted by Crippen LogP contribution is -2.45. The molecule has 1 aliphatic rings. The number of amides is 1. The Kier molecular flexibility index (Phi) is 6.40. The van der Waals surface area contributed by atoms with Gasteiger partial charge in [0.2, 0.25) is 11.9 Å². The number of carbonyl (C=O) groups excluding carboxylic acids is 1. The number of anilines is 5. The van der Waals surface area contributed by atoms with Crippen molar-refractivity contribution in [3.63, 3.8) is 0 Å². The van der Waals surface area contributed by atoms with E-state index in [-0.39, 0.29) is 29.0 Å². The van der Waals surface area contributed by atoms with Gasteiger partial charge in [-0.15, -0.1) is 0 Å². The van der Waals surface area contributed by atoms with Crippen LogP contribution in [0.5, 0.6) is 0 Å². The highest BCUT2D eigenvalue weighted by Crippen LogP contribution is 2.30. The molecule has 5 rings (SSSR count). The summed E-state index contributed by atoms with van der Waals surface area (Å²) in [7, 11) is 1.98. The average Bonchev–Trinajstić information content (AvgIpc) is 3.29. The summed E-state index contributed by atoms with van der Waals surface area (Å²) in [5, 5.41) is 5.55. The molecule has 190 valence electrons. The number of piperazine rings is 1. The molecule has 0 spiro atoms. The van der Waals surface area contributed by atoms with Gasteiger partial charge in [0.15, 0.2) is 28.6 Å². The summed E-state index contributed by atoms with van der Waals surface area (Å²) in [6, 6.07) is 9.45. The number of nitrogens with two attached hydrogens (primary N) is 1. The van der Waals surface area contributed by atoms with Gasteiger partial charge >= 0.3 is 0 Å². The molecule has 1 saturated heterocycles. The number of hydrogen-bond acceptors (Lipinski definition) is 8. The second-order valence-electron chi connectivity index (χ2n) is 8.67. The fourth-order valence-electron chi connectivity index (χ4n) is 4.19. The van der Waals surface area contributed by atoms with E-state index in [9.17, 15) is 13.6 Å². The first-order chi connectivity index (χ1) is 17.8. The van der Waals surface area contributed by atoms with Gasteiger partial charge in [0.05, 0.1) is 5.69 Å². The smallest absolute Gasteiger partial charge is 0.247 e. The number of benzene rings is 2. The van der Waals surface area contributed by atoms with Crippen LogP contribution in [0.2, 0.25) is 0 Å². The van der Waals surface area contributed by atoms with E-state index in [1.165, 1.54) is 24.5 Å². The number of nitrogens with zero attached hydrogens (tertiary/aromatic N) is 6. The number of nitrogen functional groups attached to an aromatic ring is 1. The minimum absolute atomic E-state index is 0.0453. The van der Waals surface area contributed by atoms with E-state index in [0.29, 0.717) is 35.6 Å². The van der Waals surface area contributed by atoms with Crippen molar-refractivity contribution >= 4 is 45.9 Å². The molecule has 0 saturated carbocycles. The molecule has 4 N–H and O–H groups in total. The standard InChI is InChI=1S/C25H25F2N9O/c1-3-20(37)30-15-5-4-6-17(11-15)36-14-29-21-23(28)32-25(33-24(21)36)31-16-12-18(26)22(19(27)13-16)35-9-7-34(2)8-10-35/h3-6,11-14H,1,7-10H2,2H3,(H,30,37)(H3,28,31,32,33). The Hall–Kier alpha value is -4.58. The van der Waals surface area contributed by atoms with Gasteiger partial charge in [-0.2, -0.15) is 9.97 Å². The van der Waals surface area contributed by atoms with E-state index in [1.807, 2.05) is 7.05 Å². The molecule has 3 heterocycles. The van der Waals surface area contributed by atoms with Crippen LogP contribution >= 0.6 is 0 Å². The third-order valence-electron chi connectivity index (χ3n) is 6.09. The summed E-state index contributed by atoms with van der Waals surface area (Å²) in [6.07, 6.45) is 2.70. The molecule has 1 fully saturated rings. The lowest BCUT2D eigenvalue weighted by molar-refractivity contribution is -0.111. The number of carbonyl (C=O) groups is 1. The Morgan fingerprint density at radius 2 is 1.81 bits per heavy atom. The number of fused-ring (bicyclic) bond motifs is 1. The van der Waals surface area contributed by atoms with Gasteiger partial charge in [0, 0.05) is 37.6 Å². The molecule has 37 heavy (non-hydrogen) atoms. The van der Waals surface area contributed by atoms with Gasteiger partial charge in [-0.3, -0.25) is 9.36 Å². The van der Waals surface area contributed by atoms with Crippen LogP contribution in [0, 0.1) is 11.6 Å². The van der Waals surface area contributed by atoms with E-state index in [4.69, 9.17) is 5.73 Å². The lowest BCUT2D eigenvalue weighted by Gasteiger charge is -2.34. The summed E-state index contributed by atoms with van der Waals surface area (Å²) >= 11 is 0. The van der Waals surface area contributed by atoms with E-state index in [2.05, 4.69) is 37.1 Å². The second-order valence-corrected chi connectivity index (χ2v) is 8.67. The summed E-state index contributed by atoms with van der Waals surface area (Å²) in [5.74, 6) is -1.55. The maximum Gasteiger partial charge on any atom is 0.247 e. The summed E-state index contributed by atoms with van der Waals surface area (Å²) in [6.45, 7) is 5.98. The fourth-order valence-corrected chi connectivity index (χ4v) is 4.19. The summed E-state index contributed by atoms with van der Waals surface area (Å²) in [4.78, 5) is 28.5. The van der Waals surface area contributed by atoms with Crippen molar-refractivity contribution in [3.8, 4) is 5.69 Å². The van der Waals surface area contributed by atoms with Gasteiger partial charge in [0.1, 0.15) is 12.0 Å². The van der Waals surface area contributed by atoms with Crippen LogP contribution < -0.4 is 21.3 Å². The molecule has 2 aromatic heterocycles. The summed E-state index contributed by atoms with van der Waals surface area (Å²) < 4.78 is 31.6. The molecule has 12 heteroatoms. The van der Waals surface area contributed by atoms with Crippen molar-refractivity contribution in [1.29, 1.82) is 0 Å². The number of hydrogen-bond donors (Lipinski definition) is 3. The van der Waals surface area contributed by atoms with Gasteiger partial charge in [0.25, 0.3) is 0 Å².